The summed E-state index contributed by atoms with van der Waals surface area (Å²) in [4.78, 5) is 21.2. The number of likely N-dealkylation sites (tertiary alicyclic amines) is 2. The zero-order valence-corrected chi connectivity index (χ0v) is 14.6. The van der Waals surface area contributed by atoms with Crippen molar-refractivity contribution in [3.63, 3.8) is 0 Å². The summed E-state index contributed by atoms with van der Waals surface area (Å²) < 4.78 is 0. The molecule has 7 nitrogen and oxygen atoms in total. The van der Waals surface area contributed by atoms with Crippen LogP contribution in [-0.4, -0.2) is 75.3 Å². The van der Waals surface area contributed by atoms with Crippen molar-refractivity contribution in [2.45, 2.75) is 39.0 Å². The summed E-state index contributed by atoms with van der Waals surface area (Å²) >= 11 is 0. The van der Waals surface area contributed by atoms with Crippen LogP contribution in [0.4, 0.5) is 0 Å². The smallest absolute Gasteiger partial charge is 0.223 e. The van der Waals surface area contributed by atoms with Gasteiger partial charge in [0.05, 0.1) is 0 Å². The number of nitrogens with zero attached hydrogens (tertiary/aromatic N) is 4. The summed E-state index contributed by atoms with van der Waals surface area (Å²) in [5.41, 5.74) is 0. The molecule has 24 heavy (non-hydrogen) atoms. The molecule has 2 saturated heterocycles. The Morgan fingerprint density at radius 1 is 1.25 bits per heavy atom. The molecule has 1 amide bonds. The Balaban J connectivity index is 1.49. The zero-order valence-electron chi connectivity index (χ0n) is 14.6. The minimum absolute atomic E-state index is 0.150. The summed E-state index contributed by atoms with van der Waals surface area (Å²) in [7, 11) is 0. The highest BCUT2D eigenvalue weighted by Gasteiger charge is 2.35. The van der Waals surface area contributed by atoms with Gasteiger partial charge in [-0.25, -0.2) is 4.98 Å². The fraction of sp³-hybridized carbons (Fsp3) is 0.824. The van der Waals surface area contributed by atoms with E-state index in [4.69, 9.17) is 0 Å². The highest BCUT2D eigenvalue weighted by atomic mass is 16.3. The molecular weight excluding hydrogens is 306 g/mol. The molecule has 0 saturated carbocycles. The molecule has 2 N–H and O–H groups in total. The van der Waals surface area contributed by atoms with E-state index >= 15 is 0 Å². The predicted molar refractivity (Wildman–Crippen MR) is 90.4 cm³/mol. The molecular formula is C17H29N5O2. The quantitative estimate of drug-likeness (QED) is 0.795. The normalized spacial score (nSPS) is 25.3. The van der Waals surface area contributed by atoms with E-state index in [0.717, 1.165) is 32.0 Å². The second-order valence-electron chi connectivity index (χ2n) is 7.20. The Bertz CT molecular complexity index is 541. The van der Waals surface area contributed by atoms with Crippen LogP contribution in [0.5, 0.6) is 0 Å². The minimum atomic E-state index is 0.150. The number of aliphatic hydroxyl groups excluding tert-OH is 1. The number of aromatic amines is 1. The van der Waals surface area contributed by atoms with Gasteiger partial charge in [-0.3, -0.25) is 9.89 Å². The van der Waals surface area contributed by atoms with Crippen molar-refractivity contribution in [3.8, 4) is 0 Å². The number of nitrogens with one attached hydrogen (secondary N) is 1. The van der Waals surface area contributed by atoms with Crippen molar-refractivity contribution in [1.82, 2.24) is 25.0 Å². The van der Waals surface area contributed by atoms with Crippen LogP contribution in [0, 0.1) is 18.8 Å². The van der Waals surface area contributed by atoms with Gasteiger partial charge in [-0.2, -0.15) is 5.10 Å². The van der Waals surface area contributed by atoms with Gasteiger partial charge in [0.25, 0.3) is 0 Å². The highest BCUT2D eigenvalue weighted by molar-refractivity contribution is 5.76. The van der Waals surface area contributed by atoms with Gasteiger partial charge >= 0.3 is 0 Å². The maximum Gasteiger partial charge on any atom is 0.223 e. The van der Waals surface area contributed by atoms with Gasteiger partial charge in [0, 0.05) is 45.0 Å². The number of aromatic nitrogens is 3. The average molecular weight is 335 g/mol. The molecule has 3 rings (SSSR count). The molecule has 3 heterocycles. The number of amides is 1. The van der Waals surface area contributed by atoms with Crippen molar-refractivity contribution in [2.75, 3.05) is 39.3 Å². The molecule has 134 valence electrons. The molecule has 0 unspecified atom stereocenters. The largest absolute Gasteiger partial charge is 0.396 e. The van der Waals surface area contributed by atoms with Crippen LogP contribution in [0.2, 0.25) is 0 Å². The topological polar surface area (TPSA) is 85.3 Å². The summed E-state index contributed by atoms with van der Waals surface area (Å²) in [6.07, 6.45) is 4.88. The van der Waals surface area contributed by atoms with Gasteiger partial charge < -0.3 is 14.9 Å². The van der Waals surface area contributed by atoms with E-state index in [1.807, 2.05) is 11.8 Å². The van der Waals surface area contributed by atoms with Crippen LogP contribution in [-0.2, 0) is 11.2 Å². The number of aryl methyl sites for hydroxylation is 2. The third-order valence-corrected chi connectivity index (χ3v) is 5.31. The monoisotopic (exact) mass is 335 g/mol. The third-order valence-electron chi connectivity index (χ3n) is 5.31. The first-order chi connectivity index (χ1) is 11.7. The van der Waals surface area contributed by atoms with Gasteiger partial charge in [-0.1, -0.05) is 6.42 Å². The Labute approximate surface area is 143 Å². The maximum absolute atomic E-state index is 12.5. The van der Waals surface area contributed by atoms with Gasteiger partial charge in [0.1, 0.15) is 5.82 Å². The number of piperidine rings is 1. The molecule has 0 spiro atoms. The molecule has 2 fully saturated rings. The first-order valence-electron chi connectivity index (χ1n) is 9.14. The lowest BCUT2D eigenvalue weighted by molar-refractivity contribution is -0.130. The molecule has 2 aliphatic rings. The Hall–Kier alpha value is -1.47. The molecule has 0 radical (unpaired) electrons. The molecule has 1 aromatic rings. The maximum atomic E-state index is 12.5. The van der Waals surface area contributed by atoms with Crippen molar-refractivity contribution in [3.05, 3.63) is 11.6 Å². The molecule has 0 aromatic carbocycles. The highest BCUT2D eigenvalue weighted by Crippen LogP contribution is 2.26. The number of carbonyl (C=O) groups is 1. The number of aliphatic hydroxyl groups is 1. The Morgan fingerprint density at radius 3 is 2.67 bits per heavy atom. The van der Waals surface area contributed by atoms with E-state index in [0.29, 0.717) is 31.1 Å². The summed E-state index contributed by atoms with van der Waals surface area (Å²) in [5, 5.41) is 16.6. The molecule has 0 bridgehead atoms. The summed E-state index contributed by atoms with van der Waals surface area (Å²) in [6.45, 7) is 6.81. The van der Waals surface area contributed by atoms with E-state index in [1.165, 1.54) is 19.3 Å². The first kappa shape index (κ1) is 17.4. The van der Waals surface area contributed by atoms with E-state index in [9.17, 15) is 9.90 Å². The minimum Gasteiger partial charge on any atom is -0.396 e. The number of hydrogen-bond donors (Lipinski definition) is 2. The summed E-state index contributed by atoms with van der Waals surface area (Å²) in [6, 6.07) is 0. The van der Waals surface area contributed by atoms with Crippen LogP contribution in [0.3, 0.4) is 0 Å². The van der Waals surface area contributed by atoms with Crippen LogP contribution in [0.15, 0.2) is 0 Å². The van der Waals surface area contributed by atoms with E-state index < -0.39 is 0 Å². The second kappa shape index (κ2) is 8.07. The molecule has 7 heteroatoms. The SMILES string of the molecule is Cc1nc(CCC(=O)N2C[C@@H](CN3CCCCC3)[C@@H](CO)C2)n[nH]1. The van der Waals surface area contributed by atoms with Gasteiger partial charge in [-0.15, -0.1) is 0 Å². The van der Waals surface area contributed by atoms with E-state index in [1.54, 1.807) is 0 Å². The van der Waals surface area contributed by atoms with Crippen LogP contribution >= 0.6 is 0 Å². The van der Waals surface area contributed by atoms with Crippen LogP contribution in [0.25, 0.3) is 0 Å². The number of H-pyrrole nitrogens is 1. The molecule has 2 aliphatic heterocycles. The molecule has 2 atom stereocenters. The van der Waals surface area contributed by atoms with Crippen molar-refractivity contribution in [1.29, 1.82) is 0 Å². The van der Waals surface area contributed by atoms with Gasteiger partial charge in [-0.05, 0) is 38.8 Å². The first-order valence-corrected chi connectivity index (χ1v) is 9.14. The number of hydrogen-bond acceptors (Lipinski definition) is 5. The third kappa shape index (κ3) is 4.33. The van der Waals surface area contributed by atoms with Crippen molar-refractivity contribution >= 4 is 5.91 Å². The Kier molecular flexibility index (Phi) is 5.84. The molecule has 1 aromatic heterocycles. The molecule has 0 aliphatic carbocycles. The fourth-order valence-corrected chi connectivity index (χ4v) is 3.91. The average Bonchev–Trinajstić information content (AvgIpc) is 3.19. The predicted octanol–water partition coefficient (Wildman–Crippen LogP) is 0.599. The Morgan fingerprint density at radius 2 is 2.00 bits per heavy atom. The van der Waals surface area contributed by atoms with Gasteiger partial charge in [0.2, 0.25) is 5.91 Å². The van der Waals surface area contributed by atoms with E-state index in [2.05, 4.69) is 20.1 Å². The number of rotatable bonds is 6. The second-order valence-corrected chi connectivity index (χ2v) is 7.20. The summed E-state index contributed by atoms with van der Waals surface area (Å²) in [5.74, 6) is 2.23. The lowest BCUT2D eigenvalue weighted by Gasteiger charge is -2.30. The van der Waals surface area contributed by atoms with E-state index in [-0.39, 0.29) is 18.4 Å². The zero-order chi connectivity index (χ0) is 16.9. The van der Waals surface area contributed by atoms with Crippen LogP contribution in [0.1, 0.15) is 37.3 Å². The fourth-order valence-electron chi connectivity index (χ4n) is 3.91. The standard InChI is InChI=1S/C17H29N5O2/c1-13-18-16(20-19-13)5-6-17(24)22-10-14(15(11-22)12-23)9-21-7-3-2-4-8-21/h14-15,23H,2-12H2,1H3,(H,18,19,20)/t14-,15-/m1/s1. The number of carbonyl (C=O) groups excluding carboxylic acids is 1. The lowest BCUT2D eigenvalue weighted by Crippen LogP contribution is -2.37. The van der Waals surface area contributed by atoms with Crippen molar-refractivity contribution < 1.29 is 9.90 Å². The lowest BCUT2D eigenvalue weighted by atomic mass is 9.95. The van der Waals surface area contributed by atoms with Crippen LogP contribution < -0.4 is 0 Å². The van der Waals surface area contributed by atoms with Crippen molar-refractivity contribution in [2.24, 2.45) is 11.8 Å². The van der Waals surface area contributed by atoms with Gasteiger partial charge in [0.15, 0.2) is 5.82 Å².